The summed E-state index contributed by atoms with van der Waals surface area (Å²) >= 11 is 0. The minimum atomic E-state index is 0.525. The van der Waals surface area contributed by atoms with Gasteiger partial charge in [-0.15, -0.1) is 0 Å². The van der Waals surface area contributed by atoms with Gasteiger partial charge in [-0.25, -0.2) is 0 Å². The lowest BCUT2D eigenvalue weighted by Gasteiger charge is -2.24. The maximum absolute atomic E-state index is 4.48. The maximum atomic E-state index is 4.48. The summed E-state index contributed by atoms with van der Waals surface area (Å²) in [6.45, 7) is 5.29. The van der Waals surface area contributed by atoms with E-state index in [0.29, 0.717) is 12.0 Å². The topological polar surface area (TPSA) is 29.9 Å². The Morgan fingerprint density at radius 1 is 1.29 bits per heavy atom. The molecule has 1 unspecified atom stereocenters. The molecule has 112 valence electrons. The van der Waals surface area contributed by atoms with E-state index < -0.39 is 0 Å². The standard InChI is InChI=1S/C18H25N3/c1-4-19-18(12-17-9-13(2)20-21(17)3)16-10-14-7-5-6-8-15(14)11-16/h5-9,16,18-19H,4,10-12H2,1-3H3. The van der Waals surface area contributed by atoms with Crippen LogP contribution >= 0.6 is 0 Å². The molecule has 0 aliphatic heterocycles. The van der Waals surface area contributed by atoms with Crippen LogP contribution in [0.3, 0.4) is 0 Å². The maximum Gasteiger partial charge on any atom is 0.0596 e. The van der Waals surface area contributed by atoms with Crippen LogP contribution in [0.5, 0.6) is 0 Å². The first-order chi connectivity index (χ1) is 10.2. The third-order valence-electron chi connectivity index (χ3n) is 4.65. The first kappa shape index (κ1) is 14.3. The van der Waals surface area contributed by atoms with E-state index >= 15 is 0 Å². The van der Waals surface area contributed by atoms with Gasteiger partial charge in [0.15, 0.2) is 0 Å². The molecule has 1 N–H and O–H groups in total. The van der Waals surface area contributed by atoms with Gasteiger partial charge < -0.3 is 5.32 Å². The first-order valence-electron chi connectivity index (χ1n) is 7.97. The summed E-state index contributed by atoms with van der Waals surface area (Å²) in [6.07, 6.45) is 3.46. The quantitative estimate of drug-likeness (QED) is 0.914. The SMILES string of the molecule is CCNC(Cc1cc(C)nn1C)C1Cc2ccccc2C1. The second kappa shape index (κ2) is 6.02. The van der Waals surface area contributed by atoms with Gasteiger partial charge in [0.05, 0.1) is 5.69 Å². The molecule has 1 aromatic heterocycles. The van der Waals surface area contributed by atoms with Crippen molar-refractivity contribution in [1.29, 1.82) is 0 Å². The molecule has 0 bridgehead atoms. The van der Waals surface area contributed by atoms with Crippen LogP contribution in [0.1, 0.15) is 29.4 Å². The van der Waals surface area contributed by atoms with Crippen molar-refractivity contribution in [2.75, 3.05) is 6.54 Å². The molecule has 3 heteroatoms. The zero-order chi connectivity index (χ0) is 14.8. The number of hydrogen-bond acceptors (Lipinski definition) is 2. The summed E-state index contributed by atoms with van der Waals surface area (Å²) < 4.78 is 2.03. The third-order valence-corrected chi connectivity index (χ3v) is 4.65. The molecule has 0 spiro atoms. The largest absolute Gasteiger partial charge is 0.314 e. The van der Waals surface area contributed by atoms with Crippen molar-refractivity contribution in [2.45, 2.75) is 39.2 Å². The summed E-state index contributed by atoms with van der Waals surface area (Å²) in [7, 11) is 2.05. The van der Waals surface area contributed by atoms with Gasteiger partial charge in [0.25, 0.3) is 0 Å². The Labute approximate surface area is 127 Å². The van der Waals surface area contributed by atoms with E-state index in [1.165, 1.54) is 29.7 Å². The summed E-state index contributed by atoms with van der Waals surface area (Å²) in [5.41, 5.74) is 5.50. The van der Waals surface area contributed by atoms with Gasteiger partial charge in [0, 0.05) is 25.2 Å². The van der Waals surface area contributed by atoms with Crippen molar-refractivity contribution >= 4 is 0 Å². The van der Waals surface area contributed by atoms with E-state index in [1.807, 2.05) is 4.68 Å². The van der Waals surface area contributed by atoms with Crippen LogP contribution in [-0.2, 0) is 26.3 Å². The lowest BCUT2D eigenvalue weighted by Crippen LogP contribution is -2.39. The average molecular weight is 283 g/mol. The van der Waals surface area contributed by atoms with Crippen molar-refractivity contribution in [3.8, 4) is 0 Å². The molecule has 1 aliphatic carbocycles. The number of aryl methyl sites for hydroxylation is 2. The number of fused-ring (bicyclic) bond motifs is 1. The number of benzene rings is 1. The highest BCUT2D eigenvalue weighted by Gasteiger charge is 2.28. The van der Waals surface area contributed by atoms with Gasteiger partial charge in [0.2, 0.25) is 0 Å². The minimum absolute atomic E-state index is 0.525. The van der Waals surface area contributed by atoms with Gasteiger partial charge in [-0.05, 0) is 49.4 Å². The Morgan fingerprint density at radius 3 is 2.48 bits per heavy atom. The summed E-state index contributed by atoms with van der Waals surface area (Å²) in [5.74, 6) is 0.692. The molecular weight excluding hydrogens is 258 g/mol. The predicted molar refractivity (Wildman–Crippen MR) is 86.5 cm³/mol. The van der Waals surface area contributed by atoms with Crippen molar-refractivity contribution < 1.29 is 0 Å². The van der Waals surface area contributed by atoms with Crippen LogP contribution in [0.25, 0.3) is 0 Å². The normalized spacial score (nSPS) is 16.1. The Hall–Kier alpha value is -1.61. The molecule has 0 radical (unpaired) electrons. The zero-order valence-corrected chi connectivity index (χ0v) is 13.3. The van der Waals surface area contributed by atoms with Crippen LogP contribution in [0, 0.1) is 12.8 Å². The molecule has 2 aromatic rings. The van der Waals surface area contributed by atoms with Crippen LogP contribution in [0.2, 0.25) is 0 Å². The molecule has 3 rings (SSSR count). The molecule has 0 saturated heterocycles. The van der Waals surface area contributed by atoms with Crippen molar-refractivity contribution in [3.63, 3.8) is 0 Å². The van der Waals surface area contributed by atoms with Crippen molar-refractivity contribution in [1.82, 2.24) is 15.1 Å². The number of hydrogen-bond donors (Lipinski definition) is 1. The Balaban J connectivity index is 1.75. The van der Waals surface area contributed by atoms with Gasteiger partial charge >= 0.3 is 0 Å². The lowest BCUT2D eigenvalue weighted by atomic mass is 9.92. The summed E-state index contributed by atoms with van der Waals surface area (Å²) in [6, 6.07) is 11.6. The van der Waals surface area contributed by atoms with E-state index in [2.05, 4.69) is 61.6 Å². The first-order valence-corrected chi connectivity index (χ1v) is 7.97. The molecule has 3 nitrogen and oxygen atoms in total. The molecular formula is C18H25N3. The zero-order valence-electron chi connectivity index (χ0n) is 13.3. The van der Waals surface area contributed by atoms with Gasteiger partial charge in [-0.3, -0.25) is 4.68 Å². The van der Waals surface area contributed by atoms with Crippen LogP contribution in [0.15, 0.2) is 30.3 Å². The molecule has 1 atom stereocenters. The summed E-state index contributed by atoms with van der Waals surface area (Å²) in [4.78, 5) is 0. The number of nitrogens with zero attached hydrogens (tertiary/aromatic N) is 2. The minimum Gasteiger partial charge on any atom is -0.314 e. The van der Waals surface area contributed by atoms with E-state index in [1.54, 1.807) is 0 Å². The summed E-state index contributed by atoms with van der Waals surface area (Å²) in [5, 5.41) is 8.18. The highest BCUT2D eigenvalue weighted by Crippen LogP contribution is 2.29. The van der Waals surface area contributed by atoms with Crippen molar-refractivity contribution in [3.05, 3.63) is 52.8 Å². The Morgan fingerprint density at radius 2 is 1.95 bits per heavy atom. The molecule has 21 heavy (non-hydrogen) atoms. The van der Waals surface area contributed by atoms with E-state index in [0.717, 1.165) is 18.7 Å². The smallest absolute Gasteiger partial charge is 0.0596 e. The monoisotopic (exact) mass is 283 g/mol. The highest BCUT2D eigenvalue weighted by atomic mass is 15.3. The number of likely N-dealkylation sites (N-methyl/N-ethyl adjacent to an activating group) is 1. The molecule has 0 fully saturated rings. The third kappa shape index (κ3) is 3.03. The van der Waals surface area contributed by atoms with Gasteiger partial charge in [0.1, 0.15) is 0 Å². The van der Waals surface area contributed by atoms with E-state index in [-0.39, 0.29) is 0 Å². The Kier molecular flexibility index (Phi) is 4.11. The van der Waals surface area contributed by atoms with Crippen LogP contribution in [0.4, 0.5) is 0 Å². The number of aromatic nitrogens is 2. The second-order valence-electron chi connectivity index (χ2n) is 6.21. The predicted octanol–water partition coefficient (Wildman–Crippen LogP) is 2.66. The number of nitrogens with one attached hydrogen (secondary N) is 1. The van der Waals surface area contributed by atoms with Gasteiger partial charge in [-0.2, -0.15) is 5.10 Å². The van der Waals surface area contributed by atoms with E-state index in [4.69, 9.17) is 0 Å². The fourth-order valence-corrected chi connectivity index (χ4v) is 3.63. The fraction of sp³-hybridized carbons (Fsp3) is 0.500. The van der Waals surface area contributed by atoms with Crippen molar-refractivity contribution in [2.24, 2.45) is 13.0 Å². The molecule has 0 amide bonds. The lowest BCUT2D eigenvalue weighted by molar-refractivity contribution is 0.362. The number of rotatable bonds is 5. The molecule has 1 aromatic carbocycles. The fourth-order valence-electron chi connectivity index (χ4n) is 3.63. The van der Waals surface area contributed by atoms with Crippen LogP contribution in [-0.4, -0.2) is 22.4 Å². The Bertz CT molecular complexity index is 590. The molecule has 0 saturated carbocycles. The molecule has 1 aliphatic rings. The second-order valence-corrected chi connectivity index (χ2v) is 6.21. The van der Waals surface area contributed by atoms with Gasteiger partial charge in [-0.1, -0.05) is 31.2 Å². The molecule has 1 heterocycles. The van der Waals surface area contributed by atoms with Crippen LogP contribution < -0.4 is 5.32 Å². The average Bonchev–Trinajstić information content (AvgIpc) is 3.01. The van der Waals surface area contributed by atoms with E-state index in [9.17, 15) is 0 Å². The highest BCUT2D eigenvalue weighted by molar-refractivity contribution is 5.32.